The number of aromatic nitrogens is 2. The highest BCUT2D eigenvalue weighted by Gasteiger charge is 2.08. The number of nitrogens with one attached hydrogen (secondary N) is 1. The van der Waals surface area contributed by atoms with Crippen molar-refractivity contribution >= 4 is 16.6 Å². The molecule has 0 aliphatic rings. The number of hydrogen-bond acceptors (Lipinski definition) is 2. The smallest absolute Gasteiger partial charge is 0.0726 e. The van der Waals surface area contributed by atoms with Crippen LogP contribution in [-0.4, -0.2) is 10.2 Å². The SMILES string of the molecule is CC(C)c1n[nH]c2ccc(N)cc12. The molecule has 1 aromatic carbocycles. The molecule has 2 aromatic rings. The van der Waals surface area contributed by atoms with Gasteiger partial charge in [0.05, 0.1) is 11.2 Å². The van der Waals surface area contributed by atoms with E-state index in [0.717, 1.165) is 22.3 Å². The maximum atomic E-state index is 5.71. The minimum atomic E-state index is 0.426. The number of nitrogen functional groups attached to an aromatic ring is 1. The molecule has 0 aliphatic carbocycles. The van der Waals surface area contributed by atoms with Gasteiger partial charge in [0, 0.05) is 11.1 Å². The second kappa shape index (κ2) is 2.76. The predicted octanol–water partition coefficient (Wildman–Crippen LogP) is 2.27. The third kappa shape index (κ3) is 1.26. The average molecular weight is 175 g/mol. The highest BCUT2D eigenvalue weighted by atomic mass is 15.1. The van der Waals surface area contributed by atoms with Crippen LogP contribution in [0.5, 0.6) is 0 Å². The molecule has 0 spiro atoms. The normalized spacial score (nSPS) is 11.3. The van der Waals surface area contributed by atoms with Gasteiger partial charge in [-0.1, -0.05) is 13.8 Å². The van der Waals surface area contributed by atoms with Crippen LogP contribution in [0.1, 0.15) is 25.5 Å². The van der Waals surface area contributed by atoms with Gasteiger partial charge in [0.15, 0.2) is 0 Å². The van der Waals surface area contributed by atoms with Crippen LogP contribution < -0.4 is 5.73 Å². The fourth-order valence-corrected chi connectivity index (χ4v) is 1.49. The fraction of sp³-hybridized carbons (Fsp3) is 0.300. The number of benzene rings is 1. The molecule has 0 saturated carbocycles. The summed E-state index contributed by atoms with van der Waals surface area (Å²) in [5.41, 5.74) is 8.64. The number of anilines is 1. The van der Waals surface area contributed by atoms with Crippen molar-refractivity contribution in [3.05, 3.63) is 23.9 Å². The Kier molecular flexibility index (Phi) is 1.72. The van der Waals surface area contributed by atoms with E-state index in [-0.39, 0.29) is 0 Å². The quantitative estimate of drug-likeness (QED) is 0.653. The fourth-order valence-electron chi connectivity index (χ4n) is 1.49. The molecule has 3 heteroatoms. The van der Waals surface area contributed by atoms with E-state index in [9.17, 15) is 0 Å². The third-order valence-corrected chi connectivity index (χ3v) is 2.16. The molecule has 0 amide bonds. The van der Waals surface area contributed by atoms with E-state index in [0.29, 0.717) is 5.92 Å². The minimum Gasteiger partial charge on any atom is -0.399 e. The Bertz CT molecular complexity index is 429. The lowest BCUT2D eigenvalue weighted by Crippen LogP contribution is -1.88. The molecule has 1 heterocycles. The van der Waals surface area contributed by atoms with E-state index < -0.39 is 0 Å². The van der Waals surface area contributed by atoms with Gasteiger partial charge in [0.2, 0.25) is 0 Å². The molecule has 0 saturated heterocycles. The van der Waals surface area contributed by atoms with Gasteiger partial charge < -0.3 is 5.73 Å². The lowest BCUT2D eigenvalue weighted by atomic mass is 10.1. The minimum absolute atomic E-state index is 0.426. The standard InChI is InChI=1S/C10H13N3/c1-6(2)10-8-5-7(11)3-4-9(8)12-13-10/h3-6H,11H2,1-2H3,(H,12,13). The van der Waals surface area contributed by atoms with Gasteiger partial charge in [-0.15, -0.1) is 0 Å². The number of fused-ring (bicyclic) bond motifs is 1. The molecule has 13 heavy (non-hydrogen) atoms. The summed E-state index contributed by atoms with van der Waals surface area (Å²) in [6, 6.07) is 5.81. The van der Waals surface area contributed by atoms with Crippen molar-refractivity contribution in [1.82, 2.24) is 10.2 Å². The Labute approximate surface area is 76.9 Å². The number of nitrogens with zero attached hydrogens (tertiary/aromatic N) is 1. The van der Waals surface area contributed by atoms with E-state index in [4.69, 9.17) is 5.73 Å². The largest absolute Gasteiger partial charge is 0.399 e. The van der Waals surface area contributed by atoms with E-state index in [1.54, 1.807) is 0 Å². The molecular weight excluding hydrogens is 162 g/mol. The maximum Gasteiger partial charge on any atom is 0.0726 e. The lowest BCUT2D eigenvalue weighted by molar-refractivity contribution is 0.818. The van der Waals surface area contributed by atoms with Crippen LogP contribution in [-0.2, 0) is 0 Å². The van der Waals surface area contributed by atoms with Crippen LogP contribution >= 0.6 is 0 Å². The zero-order valence-electron chi connectivity index (χ0n) is 7.83. The van der Waals surface area contributed by atoms with Gasteiger partial charge >= 0.3 is 0 Å². The first kappa shape index (κ1) is 8.10. The van der Waals surface area contributed by atoms with E-state index in [2.05, 4.69) is 24.0 Å². The average Bonchev–Trinajstić information content (AvgIpc) is 2.46. The van der Waals surface area contributed by atoms with Crippen molar-refractivity contribution < 1.29 is 0 Å². The summed E-state index contributed by atoms with van der Waals surface area (Å²) in [7, 11) is 0. The molecule has 0 unspecified atom stereocenters. The topological polar surface area (TPSA) is 54.7 Å². The van der Waals surface area contributed by atoms with Crippen molar-refractivity contribution in [1.29, 1.82) is 0 Å². The van der Waals surface area contributed by atoms with Crippen molar-refractivity contribution in [3.8, 4) is 0 Å². The molecule has 0 fully saturated rings. The first-order chi connectivity index (χ1) is 6.18. The molecule has 2 rings (SSSR count). The van der Waals surface area contributed by atoms with Gasteiger partial charge in [0.25, 0.3) is 0 Å². The number of H-pyrrole nitrogens is 1. The summed E-state index contributed by atoms with van der Waals surface area (Å²) < 4.78 is 0. The summed E-state index contributed by atoms with van der Waals surface area (Å²) >= 11 is 0. The van der Waals surface area contributed by atoms with Crippen molar-refractivity contribution in [2.45, 2.75) is 19.8 Å². The van der Waals surface area contributed by atoms with Crippen molar-refractivity contribution in [2.75, 3.05) is 5.73 Å². The highest BCUT2D eigenvalue weighted by Crippen LogP contribution is 2.24. The molecule has 68 valence electrons. The van der Waals surface area contributed by atoms with Gasteiger partial charge in [-0.25, -0.2) is 0 Å². The Morgan fingerprint density at radius 3 is 2.85 bits per heavy atom. The summed E-state index contributed by atoms with van der Waals surface area (Å²) in [5.74, 6) is 0.426. The monoisotopic (exact) mass is 175 g/mol. The van der Waals surface area contributed by atoms with E-state index in [1.165, 1.54) is 0 Å². The number of rotatable bonds is 1. The zero-order valence-corrected chi connectivity index (χ0v) is 7.83. The van der Waals surface area contributed by atoms with Crippen LogP contribution in [0.4, 0.5) is 5.69 Å². The highest BCUT2D eigenvalue weighted by molar-refractivity contribution is 5.84. The number of aromatic amines is 1. The third-order valence-electron chi connectivity index (χ3n) is 2.16. The number of hydrogen-bond donors (Lipinski definition) is 2. The van der Waals surface area contributed by atoms with Crippen molar-refractivity contribution in [2.24, 2.45) is 0 Å². The Balaban J connectivity index is 2.71. The summed E-state index contributed by atoms with van der Waals surface area (Å²) in [6.07, 6.45) is 0. The molecule has 0 bridgehead atoms. The van der Waals surface area contributed by atoms with E-state index >= 15 is 0 Å². The molecular formula is C10H13N3. The second-order valence-electron chi connectivity index (χ2n) is 3.57. The van der Waals surface area contributed by atoms with Crippen LogP contribution in [0.25, 0.3) is 10.9 Å². The first-order valence-corrected chi connectivity index (χ1v) is 4.42. The summed E-state index contributed by atoms with van der Waals surface area (Å²) in [4.78, 5) is 0. The van der Waals surface area contributed by atoms with Crippen molar-refractivity contribution in [3.63, 3.8) is 0 Å². The van der Waals surface area contributed by atoms with Gasteiger partial charge in [-0.05, 0) is 24.1 Å². The van der Waals surface area contributed by atoms with Crippen LogP contribution in [0, 0.1) is 0 Å². The second-order valence-corrected chi connectivity index (χ2v) is 3.57. The molecule has 3 N–H and O–H groups in total. The Morgan fingerprint density at radius 2 is 2.15 bits per heavy atom. The summed E-state index contributed by atoms with van der Waals surface area (Å²) in [6.45, 7) is 4.25. The van der Waals surface area contributed by atoms with Gasteiger partial charge in [-0.3, -0.25) is 5.10 Å². The molecule has 0 aliphatic heterocycles. The molecule has 0 radical (unpaired) electrons. The number of nitrogens with two attached hydrogens (primary N) is 1. The van der Waals surface area contributed by atoms with Crippen LogP contribution in [0.15, 0.2) is 18.2 Å². The molecule has 0 atom stereocenters. The van der Waals surface area contributed by atoms with Crippen LogP contribution in [0.2, 0.25) is 0 Å². The molecule has 1 aromatic heterocycles. The van der Waals surface area contributed by atoms with Gasteiger partial charge in [0.1, 0.15) is 0 Å². The maximum absolute atomic E-state index is 5.71. The lowest BCUT2D eigenvalue weighted by Gasteiger charge is -2.00. The summed E-state index contributed by atoms with van der Waals surface area (Å²) in [5, 5.41) is 8.38. The first-order valence-electron chi connectivity index (χ1n) is 4.42. The van der Waals surface area contributed by atoms with Crippen LogP contribution in [0.3, 0.4) is 0 Å². The predicted molar refractivity (Wildman–Crippen MR) is 54.6 cm³/mol. The molecule has 3 nitrogen and oxygen atoms in total. The Morgan fingerprint density at radius 1 is 1.38 bits per heavy atom. The zero-order chi connectivity index (χ0) is 9.42. The Hall–Kier alpha value is -1.51. The van der Waals surface area contributed by atoms with Gasteiger partial charge in [-0.2, -0.15) is 5.10 Å². The van der Waals surface area contributed by atoms with E-state index in [1.807, 2.05) is 18.2 Å².